The van der Waals surface area contributed by atoms with E-state index in [1.807, 2.05) is 18.2 Å². The molecule has 186 valence electrons. The molecule has 1 aromatic heterocycles. The van der Waals surface area contributed by atoms with Crippen molar-refractivity contribution in [3.63, 3.8) is 0 Å². The number of hydrogen-bond donors (Lipinski definition) is 1. The van der Waals surface area contributed by atoms with Gasteiger partial charge in [-0.15, -0.1) is 5.10 Å². The Balaban J connectivity index is 1.15. The van der Waals surface area contributed by atoms with Crippen molar-refractivity contribution in [2.45, 2.75) is 43.2 Å². The second-order valence-corrected chi connectivity index (χ2v) is 10.7. The number of tetrazole rings is 1. The fourth-order valence-electron chi connectivity index (χ4n) is 4.18. The molecular formula is C26H26Cl2N6OS. The van der Waals surface area contributed by atoms with Crippen LogP contribution in [0.4, 0.5) is 5.69 Å². The zero-order chi connectivity index (χ0) is 24.9. The Morgan fingerprint density at radius 2 is 1.94 bits per heavy atom. The molecule has 36 heavy (non-hydrogen) atoms. The van der Waals surface area contributed by atoms with Crippen molar-refractivity contribution in [1.29, 1.82) is 0 Å². The van der Waals surface area contributed by atoms with Crippen LogP contribution in [-0.4, -0.2) is 56.4 Å². The molecule has 0 unspecified atom stereocenters. The first-order valence-corrected chi connectivity index (χ1v) is 13.8. The quantitative estimate of drug-likeness (QED) is 0.304. The molecule has 0 atom stereocenters. The smallest absolute Gasteiger partial charge is 0.234 e. The van der Waals surface area contributed by atoms with E-state index >= 15 is 0 Å². The summed E-state index contributed by atoms with van der Waals surface area (Å²) in [7, 11) is 0. The van der Waals surface area contributed by atoms with E-state index in [0.717, 1.165) is 18.5 Å². The van der Waals surface area contributed by atoms with Crippen LogP contribution in [0, 0.1) is 11.8 Å². The van der Waals surface area contributed by atoms with Gasteiger partial charge in [-0.05, 0) is 91.0 Å². The number of hydrogen-bond acceptors (Lipinski definition) is 6. The number of anilines is 1. The first kappa shape index (κ1) is 25.1. The van der Waals surface area contributed by atoms with Gasteiger partial charge in [0.2, 0.25) is 11.1 Å². The summed E-state index contributed by atoms with van der Waals surface area (Å²) in [5.41, 5.74) is 3.30. The molecule has 0 bridgehead atoms. The fourth-order valence-corrected chi connectivity index (χ4v) is 5.36. The summed E-state index contributed by atoms with van der Waals surface area (Å²) in [5, 5.41) is 16.2. The lowest BCUT2D eigenvalue weighted by atomic mass is 10.1. The van der Waals surface area contributed by atoms with Gasteiger partial charge in [-0.25, -0.2) is 0 Å². The Morgan fingerprint density at radius 3 is 2.69 bits per heavy atom. The molecule has 1 aliphatic heterocycles. The van der Waals surface area contributed by atoms with Crippen LogP contribution in [0.3, 0.4) is 0 Å². The van der Waals surface area contributed by atoms with Crippen LogP contribution in [0.5, 0.6) is 0 Å². The second kappa shape index (κ2) is 11.7. The molecule has 10 heteroatoms. The number of halogens is 2. The first-order valence-electron chi connectivity index (χ1n) is 12.1. The van der Waals surface area contributed by atoms with Gasteiger partial charge in [0.05, 0.1) is 27.2 Å². The first-order chi connectivity index (χ1) is 17.6. The topological polar surface area (TPSA) is 75.9 Å². The minimum atomic E-state index is -0.212. The summed E-state index contributed by atoms with van der Waals surface area (Å²) in [6, 6.07) is 11.4. The van der Waals surface area contributed by atoms with E-state index in [-0.39, 0.29) is 11.7 Å². The minimum Gasteiger partial charge on any atom is -0.324 e. The van der Waals surface area contributed by atoms with Gasteiger partial charge in [-0.3, -0.25) is 4.79 Å². The summed E-state index contributed by atoms with van der Waals surface area (Å²) in [6.07, 6.45) is 5.82. The summed E-state index contributed by atoms with van der Waals surface area (Å²) < 4.78 is 1.56. The third kappa shape index (κ3) is 6.40. The predicted octanol–water partition coefficient (Wildman–Crippen LogP) is 5.41. The van der Waals surface area contributed by atoms with E-state index in [1.165, 1.54) is 56.1 Å². The van der Waals surface area contributed by atoms with Crippen molar-refractivity contribution in [3.05, 3.63) is 57.6 Å². The van der Waals surface area contributed by atoms with Gasteiger partial charge in [0.15, 0.2) is 0 Å². The third-order valence-corrected chi connectivity index (χ3v) is 7.78. The fraction of sp³-hybridized carbons (Fsp3) is 0.385. The maximum atomic E-state index is 12.6. The van der Waals surface area contributed by atoms with E-state index in [4.69, 9.17) is 23.2 Å². The molecule has 1 saturated heterocycles. The Labute approximate surface area is 224 Å². The van der Waals surface area contributed by atoms with Crippen LogP contribution < -0.4 is 5.32 Å². The van der Waals surface area contributed by atoms with Crippen LogP contribution in [-0.2, 0) is 4.79 Å². The van der Waals surface area contributed by atoms with Crippen LogP contribution >= 0.6 is 35.0 Å². The number of aromatic nitrogens is 4. The average Bonchev–Trinajstić information content (AvgIpc) is 3.39. The lowest BCUT2D eigenvalue weighted by Gasteiger charge is -2.11. The highest BCUT2D eigenvalue weighted by molar-refractivity contribution is 7.99. The van der Waals surface area contributed by atoms with Crippen molar-refractivity contribution in [2.24, 2.45) is 0 Å². The lowest BCUT2D eigenvalue weighted by Crippen LogP contribution is -2.19. The molecule has 1 aliphatic carbocycles. The zero-order valence-electron chi connectivity index (χ0n) is 19.7. The van der Waals surface area contributed by atoms with Gasteiger partial charge in [0, 0.05) is 18.5 Å². The molecule has 0 spiro atoms. The van der Waals surface area contributed by atoms with Crippen LogP contribution in [0.1, 0.15) is 49.1 Å². The van der Waals surface area contributed by atoms with E-state index in [9.17, 15) is 4.79 Å². The van der Waals surface area contributed by atoms with Crippen molar-refractivity contribution >= 4 is 46.6 Å². The molecule has 1 saturated carbocycles. The Morgan fingerprint density at radius 1 is 1.11 bits per heavy atom. The third-order valence-electron chi connectivity index (χ3n) is 6.25. The number of likely N-dealkylation sites (tertiary alicyclic amines) is 1. The van der Waals surface area contributed by atoms with E-state index in [1.54, 1.807) is 16.8 Å². The average molecular weight is 542 g/mol. The van der Waals surface area contributed by atoms with Gasteiger partial charge >= 0.3 is 0 Å². The molecule has 1 N–H and O–H groups in total. The number of amides is 1. The summed E-state index contributed by atoms with van der Waals surface area (Å²) in [4.78, 5) is 15.0. The highest BCUT2D eigenvalue weighted by atomic mass is 35.5. The van der Waals surface area contributed by atoms with E-state index in [2.05, 4.69) is 43.6 Å². The monoisotopic (exact) mass is 540 g/mol. The van der Waals surface area contributed by atoms with Gasteiger partial charge in [-0.1, -0.05) is 52.9 Å². The molecule has 2 fully saturated rings. The van der Waals surface area contributed by atoms with Crippen molar-refractivity contribution < 1.29 is 4.79 Å². The molecule has 1 amide bonds. The zero-order valence-corrected chi connectivity index (χ0v) is 22.0. The lowest BCUT2D eigenvalue weighted by molar-refractivity contribution is -0.113. The van der Waals surface area contributed by atoms with E-state index in [0.29, 0.717) is 32.5 Å². The Bertz CT molecular complexity index is 1310. The molecule has 3 aromatic rings. The maximum absolute atomic E-state index is 12.6. The maximum Gasteiger partial charge on any atom is 0.234 e. The molecule has 7 nitrogen and oxygen atoms in total. The number of carbonyl (C=O) groups excluding carboxylic acids is 1. The second-order valence-electron chi connectivity index (χ2n) is 8.99. The normalized spacial score (nSPS) is 15.5. The highest BCUT2D eigenvalue weighted by Gasteiger charge is 2.24. The molecule has 2 heterocycles. The highest BCUT2D eigenvalue weighted by Crippen LogP contribution is 2.41. The van der Waals surface area contributed by atoms with Gasteiger partial charge in [0.1, 0.15) is 0 Å². The molecule has 2 aliphatic rings. The number of nitrogens with one attached hydrogen (secondary N) is 1. The number of benzene rings is 2. The Hall–Kier alpha value is -2.57. The minimum absolute atomic E-state index is 0.118. The van der Waals surface area contributed by atoms with Crippen LogP contribution in [0.25, 0.3) is 5.69 Å². The molecular weight excluding hydrogens is 515 g/mol. The number of rotatable bonds is 8. The molecule has 5 rings (SSSR count). The number of thioether (sulfide) groups is 1. The summed E-state index contributed by atoms with van der Waals surface area (Å²) >= 11 is 14.1. The van der Waals surface area contributed by atoms with Crippen molar-refractivity contribution in [1.82, 2.24) is 25.1 Å². The molecule has 2 aromatic carbocycles. The Kier molecular flexibility index (Phi) is 8.12. The van der Waals surface area contributed by atoms with Crippen LogP contribution in [0.15, 0.2) is 41.6 Å². The van der Waals surface area contributed by atoms with Gasteiger partial charge in [-0.2, -0.15) is 4.68 Å². The van der Waals surface area contributed by atoms with Crippen LogP contribution in [0.2, 0.25) is 10.0 Å². The molecule has 0 radical (unpaired) electrons. The van der Waals surface area contributed by atoms with Crippen molar-refractivity contribution in [3.8, 4) is 17.5 Å². The van der Waals surface area contributed by atoms with Gasteiger partial charge < -0.3 is 10.2 Å². The standard InChI is InChI=1S/C26H26Cl2N6OS/c27-21-15-18(5-1-2-12-33-13-3-4-14-33)6-10-23(21)29-25(35)17-36-26-30-31-32-34(26)24-11-9-20(16-22(24)28)19-7-8-19/h6,9-11,15-16,19H,2-4,7-8,12-14,17H2,(H,29,35). The van der Waals surface area contributed by atoms with E-state index < -0.39 is 0 Å². The summed E-state index contributed by atoms with van der Waals surface area (Å²) in [6.45, 7) is 3.36. The van der Waals surface area contributed by atoms with Crippen molar-refractivity contribution in [2.75, 3.05) is 30.7 Å². The largest absolute Gasteiger partial charge is 0.324 e. The van der Waals surface area contributed by atoms with Gasteiger partial charge in [0.25, 0.3) is 0 Å². The number of carbonyl (C=O) groups is 1. The predicted molar refractivity (Wildman–Crippen MR) is 144 cm³/mol. The number of nitrogens with zero attached hydrogens (tertiary/aromatic N) is 5. The summed E-state index contributed by atoms with van der Waals surface area (Å²) in [5.74, 6) is 6.89. The SMILES string of the molecule is O=C(CSc1nnnn1-c1ccc(C2CC2)cc1Cl)Nc1ccc(C#CCCN2CCCC2)cc1Cl.